The first-order valence-corrected chi connectivity index (χ1v) is 7.74. The van der Waals surface area contributed by atoms with Crippen molar-refractivity contribution in [3.05, 3.63) is 0 Å². The molecule has 0 aromatic carbocycles. The van der Waals surface area contributed by atoms with Crippen LogP contribution in [0.25, 0.3) is 0 Å². The summed E-state index contributed by atoms with van der Waals surface area (Å²) in [6.45, 7) is 2.93. The maximum absolute atomic E-state index is 12.3. The van der Waals surface area contributed by atoms with Gasteiger partial charge in [-0.3, -0.25) is 0 Å². The third kappa shape index (κ3) is 4.13. The van der Waals surface area contributed by atoms with Gasteiger partial charge in [0.05, 0.1) is 20.3 Å². The predicted octanol–water partition coefficient (Wildman–Crippen LogP) is -0.163. The quantitative estimate of drug-likeness (QED) is 0.636. The second kappa shape index (κ2) is 7.18. The molecule has 0 spiro atoms. The number of carbonyl (C=O) groups excluding carboxylic acids is 1. The van der Waals surface area contributed by atoms with Crippen LogP contribution in [0, 0.1) is 0 Å². The number of rotatable bonds is 6. The molecule has 1 aliphatic rings. The Bertz CT molecular complexity index is 398. The molecule has 0 saturated carbocycles. The van der Waals surface area contributed by atoms with E-state index in [1.165, 1.54) is 15.7 Å². The minimum Gasteiger partial charge on any atom is -0.467 e. The van der Waals surface area contributed by atoms with Gasteiger partial charge in [0, 0.05) is 20.1 Å². The van der Waals surface area contributed by atoms with Crippen LogP contribution in [-0.4, -0.2) is 69.5 Å². The summed E-state index contributed by atoms with van der Waals surface area (Å²) in [7, 11) is -0.724. The summed E-state index contributed by atoms with van der Waals surface area (Å²) in [5, 5.41) is 0. The molecule has 0 amide bonds. The van der Waals surface area contributed by atoms with Crippen LogP contribution in [0.2, 0.25) is 0 Å². The number of hydrogen-bond acceptors (Lipinski definition) is 5. The smallest absolute Gasteiger partial charge is 0.336 e. The number of unbranched alkanes of at least 4 members (excludes halogenated alkanes) is 1. The molecular weight excluding hydrogens is 272 g/mol. The Morgan fingerprint density at radius 3 is 2.79 bits per heavy atom. The van der Waals surface area contributed by atoms with Gasteiger partial charge in [-0.05, 0) is 6.42 Å². The van der Waals surface area contributed by atoms with Gasteiger partial charge in [-0.25, -0.2) is 4.79 Å². The van der Waals surface area contributed by atoms with Crippen molar-refractivity contribution < 1.29 is 22.7 Å². The van der Waals surface area contributed by atoms with Crippen molar-refractivity contribution in [1.82, 2.24) is 8.61 Å². The fourth-order valence-electron chi connectivity index (χ4n) is 1.80. The fourth-order valence-corrected chi connectivity index (χ4v) is 3.19. The van der Waals surface area contributed by atoms with Gasteiger partial charge in [0.15, 0.2) is 6.10 Å². The van der Waals surface area contributed by atoms with Gasteiger partial charge in [0.1, 0.15) is 0 Å². The molecule has 1 rings (SSSR count). The van der Waals surface area contributed by atoms with Crippen molar-refractivity contribution in [2.45, 2.75) is 25.9 Å². The fraction of sp³-hybridized carbons (Fsp3) is 0.909. The zero-order chi connectivity index (χ0) is 14.5. The maximum atomic E-state index is 12.3. The van der Waals surface area contributed by atoms with E-state index in [0.29, 0.717) is 6.54 Å². The Balaban J connectivity index is 2.69. The van der Waals surface area contributed by atoms with Crippen molar-refractivity contribution in [1.29, 1.82) is 0 Å². The molecule has 1 heterocycles. The van der Waals surface area contributed by atoms with E-state index in [2.05, 4.69) is 4.74 Å². The van der Waals surface area contributed by atoms with Gasteiger partial charge in [-0.1, -0.05) is 13.3 Å². The molecule has 7 nitrogen and oxygen atoms in total. The van der Waals surface area contributed by atoms with Crippen LogP contribution in [0.1, 0.15) is 19.8 Å². The molecule has 0 aliphatic carbocycles. The summed E-state index contributed by atoms with van der Waals surface area (Å²) in [4.78, 5) is 11.4. The first-order valence-electron chi connectivity index (χ1n) is 6.34. The normalized spacial score (nSPS) is 21.6. The van der Waals surface area contributed by atoms with Crippen molar-refractivity contribution in [2.24, 2.45) is 0 Å². The number of esters is 1. The number of carbonyl (C=O) groups is 1. The van der Waals surface area contributed by atoms with Gasteiger partial charge >= 0.3 is 5.97 Å². The Labute approximate surface area is 114 Å². The molecule has 0 radical (unpaired) electrons. The van der Waals surface area contributed by atoms with Crippen molar-refractivity contribution in [3.63, 3.8) is 0 Å². The van der Waals surface area contributed by atoms with Crippen LogP contribution in [0.15, 0.2) is 0 Å². The first-order chi connectivity index (χ1) is 8.93. The summed E-state index contributed by atoms with van der Waals surface area (Å²) in [6, 6.07) is 0. The maximum Gasteiger partial charge on any atom is 0.336 e. The number of nitrogens with zero attached hydrogens (tertiary/aromatic N) is 2. The molecule has 0 bridgehead atoms. The molecule has 1 saturated heterocycles. The molecule has 1 unspecified atom stereocenters. The molecule has 112 valence electrons. The van der Waals surface area contributed by atoms with Crippen LogP contribution < -0.4 is 0 Å². The van der Waals surface area contributed by atoms with Gasteiger partial charge < -0.3 is 9.47 Å². The van der Waals surface area contributed by atoms with Gasteiger partial charge in [-0.2, -0.15) is 17.0 Å². The predicted molar refractivity (Wildman–Crippen MR) is 69.8 cm³/mol. The summed E-state index contributed by atoms with van der Waals surface area (Å²) in [5.41, 5.74) is 0. The van der Waals surface area contributed by atoms with E-state index in [9.17, 15) is 13.2 Å². The Morgan fingerprint density at radius 2 is 2.21 bits per heavy atom. The molecule has 1 atom stereocenters. The largest absolute Gasteiger partial charge is 0.467 e. The second-order valence-electron chi connectivity index (χ2n) is 4.42. The number of hydrogen-bond donors (Lipinski definition) is 0. The van der Waals surface area contributed by atoms with Crippen LogP contribution in [0.4, 0.5) is 0 Å². The number of morpholine rings is 1. The van der Waals surface area contributed by atoms with Crippen LogP contribution >= 0.6 is 0 Å². The summed E-state index contributed by atoms with van der Waals surface area (Å²) >= 11 is 0. The molecule has 8 heteroatoms. The van der Waals surface area contributed by atoms with Crippen LogP contribution in [0.5, 0.6) is 0 Å². The third-order valence-corrected chi connectivity index (χ3v) is 4.99. The minimum absolute atomic E-state index is 0.00543. The zero-order valence-corrected chi connectivity index (χ0v) is 12.5. The standard InChI is InChI=1S/C11H22N2O5S/c1-4-5-6-12(2)19(15,16)13-7-8-18-10(9-13)11(14)17-3/h10H,4-9H2,1-3H3. The minimum atomic E-state index is -3.53. The van der Waals surface area contributed by atoms with E-state index in [1.807, 2.05) is 6.92 Å². The Kier molecular flexibility index (Phi) is 6.18. The van der Waals surface area contributed by atoms with E-state index < -0.39 is 22.3 Å². The van der Waals surface area contributed by atoms with Crippen LogP contribution in [-0.2, 0) is 24.5 Å². The topological polar surface area (TPSA) is 76.2 Å². The highest BCUT2D eigenvalue weighted by atomic mass is 32.2. The zero-order valence-electron chi connectivity index (χ0n) is 11.7. The SMILES string of the molecule is CCCCN(C)S(=O)(=O)N1CCOC(C(=O)OC)C1. The monoisotopic (exact) mass is 294 g/mol. The average molecular weight is 294 g/mol. The van der Waals surface area contributed by atoms with Gasteiger partial charge in [0.2, 0.25) is 0 Å². The lowest BCUT2D eigenvalue weighted by atomic mass is 10.3. The highest BCUT2D eigenvalue weighted by Gasteiger charge is 2.35. The lowest BCUT2D eigenvalue weighted by molar-refractivity contribution is -0.157. The highest BCUT2D eigenvalue weighted by Crippen LogP contribution is 2.14. The lowest BCUT2D eigenvalue weighted by Crippen LogP contribution is -2.52. The van der Waals surface area contributed by atoms with E-state index >= 15 is 0 Å². The number of methoxy groups -OCH3 is 1. The molecule has 19 heavy (non-hydrogen) atoms. The van der Waals surface area contributed by atoms with E-state index in [0.717, 1.165) is 12.8 Å². The highest BCUT2D eigenvalue weighted by molar-refractivity contribution is 7.86. The molecule has 0 N–H and O–H groups in total. The third-order valence-electron chi connectivity index (χ3n) is 3.04. The van der Waals surface area contributed by atoms with Crippen molar-refractivity contribution in [3.8, 4) is 0 Å². The lowest BCUT2D eigenvalue weighted by Gasteiger charge is -2.33. The van der Waals surface area contributed by atoms with Crippen molar-refractivity contribution in [2.75, 3.05) is 40.4 Å². The van der Waals surface area contributed by atoms with E-state index in [1.54, 1.807) is 7.05 Å². The van der Waals surface area contributed by atoms with E-state index in [4.69, 9.17) is 4.74 Å². The molecular formula is C11H22N2O5S. The molecule has 0 aromatic rings. The Morgan fingerprint density at radius 1 is 1.53 bits per heavy atom. The number of ether oxygens (including phenoxy) is 2. The summed E-state index contributed by atoms with van der Waals surface area (Å²) < 4.78 is 37.0. The average Bonchev–Trinajstić information content (AvgIpc) is 2.43. The van der Waals surface area contributed by atoms with Crippen molar-refractivity contribution >= 4 is 16.2 Å². The molecule has 1 aliphatic heterocycles. The first kappa shape index (κ1) is 16.4. The van der Waals surface area contributed by atoms with Gasteiger partial charge in [-0.15, -0.1) is 0 Å². The van der Waals surface area contributed by atoms with E-state index in [-0.39, 0.29) is 19.7 Å². The summed E-state index contributed by atoms with van der Waals surface area (Å²) in [6.07, 6.45) is 0.891. The van der Waals surface area contributed by atoms with Crippen LogP contribution in [0.3, 0.4) is 0 Å². The second-order valence-corrected chi connectivity index (χ2v) is 6.46. The Hall–Kier alpha value is -0.700. The molecule has 1 fully saturated rings. The van der Waals surface area contributed by atoms with Gasteiger partial charge in [0.25, 0.3) is 10.2 Å². The summed E-state index contributed by atoms with van der Waals surface area (Å²) in [5.74, 6) is -0.545. The molecule has 0 aromatic heterocycles.